The number of hydrogen-bond donors (Lipinski definition) is 3. The van der Waals surface area contributed by atoms with Gasteiger partial charge in [0, 0.05) is 38.9 Å². The maximum Gasteiger partial charge on any atom is 0.257 e. The molecule has 160 valence electrons. The molecule has 0 saturated carbocycles. The van der Waals surface area contributed by atoms with Crippen molar-refractivity contribution in [3.05, 3.63) is 99.4 Å². The number of nitrogens with one attached hydrogen (secondary N) is 2. The minimum absolute atomic E-state index is 0.0375. The molecule has 5 nitrogen and oxygen atoms in total. The number of aryl methyl sites for hydroxylation is 1. The number of anilines is 1. The number of amides is 2. The maximum absolute atomic E-state index is 13.3. The lowest BCUT2D eigenvalue weighted by molar-refractivity contribution is 0.0959. The van der Waals surface area contributed by atoms with Gasteiger partial charge in [0.1, 0.15) is 0 Å². The van der Waals surface area contributed by atoms with Crippen LogP contribution < -0.4 is 10.6 Å². The Morgan fingerprint density at radius 2 is 1.91 bits per heavy atom. The van der Waals surface area contributed by atoms with Crippen LogP contribution in [0, 0.1) is 6.92 Å². The summed E-state index contributed by atoms with van der Waals surface area (Å²) < 4.78 is 1.05. The number of hydrogen-bond acceptors (Lipinski definition) is 4. The molecule has 1 aliphatic rings. The van der Waals surface area contributed by atoms with E-state index in [1.807, 2.05) is 73.0 Å². The molecule has 0 fully saturated rings. The van der Waals surface area contributed by atoms with E-state index in [4.69, 9.17) is 0 Å². The Labute approximate surface area is 189 Å². The van der Waals surface area contributed by atoms with Gasteiger partial charge < -0.3 is 15.7 Å². The first kappa shape index (κ1) is 20.4. The van der Waals surface area contributed by atoms with Gasteiger partial charge in [-0.15, -0.1) is 11.3 Å². The Morgan fingerprint density at radius 1 is 1.12 bits per heavy atom. The Morgan fingerprint density at radius 3 is 2.72 bits per heavy atom. The van der Waals surface area contributed by atoms with Crippen LogP contribution in [0.4, 0.5) is 5.69 Å². The third-order valence-corrected chi connectivity index (χ3v) is 6.89. The molecule has 0 bridgehead atoms. The molecular weight excluding hydrogens is 420 g/mol. The Balaban J connectivity index is 1.61. The van der Waals surface area contributed by atoms with Gasteiger partial charge in [0.25, 0.3) is 11.8 Å². The topological polar surface area (TPSA) is 78.4 Å². The van der Waals surface area contributed by atoms with Crippen LogP contribution in [0.15, 0.2) is 66.0 Å². The largest absolute Gasteiger partial charge is 0.396 e. The second-order valence-electron chi connectivity index (χ2n) is 7.94. The van der Waals surface area contributed by atoms with E-state index in [1.165, 1.54) is 11.3 Å². The molecule has 1 aromatic heterocycles. The molecule has 32 heavy (non-hydrogen) atoms. The predicted molar refractivity (Wildman–Crippen MR) is 127 cm³/mol. The molecule has 1 atom stereocenters. The first-order chi connectivity index (χ1) is 15.6. The van der Waals surface area contributed by atoms with Crippen molar-refractivity contribution < 1.29 is 14.7 Å². The van der Waals surface area contributed by atoms with Crippen LogP contribution in [-0.4, -0.2) is 23.5 Å². The number of carbonyl (C=O) groups is 2. The fourth-order valence-electron chi connectivity index (χ4n) is 4.36. The molecule has 0 spiro atoms. The number of carbonyl (C=O) groups excluding carboxylic acids is 2. The molecule has 1 unspecified atom stereocenters. The highest BCUT2D eigenvalue weighted by Crippen LogP contribution is 2.39. The highest BCUT2D eigenvalue weighted by molar-refractivity contribution is 7.17. The molecule has 4 aromatic rings. The van der Waals surface area contributed by atoms with Crippen molar-refractivity contribution in [3.8, 4) is 0 Å². The van der Waals surface area contributed by atoms with E-state index in [2.05, 4.69) is 10.6 Å². The van der Waals surface area contributed by atoms with Gasteiger partial charge in [-0.3, -0.25) is 9.59 Å². The molecular formula is C26H22N2O3S. The first-order valence-corrected chi connectivity index (χ1v) is 11.4. The third kappa shape index (κ3) is 3.47. The van der Waals surface area contributed by atoms with Crippen LogP contribution in [0.25, 0.3) is 10.1 Å². The fourth-order valence-corrected chi connectivity index (χ4v) is 5.30. The highest BCUT2D eigenvalue weighted by Gasteiger charge is 2.34. The lowest BCUT2D eigenvalue weighted by Crippen LogP contribution is -2.21. The van der Waals surface area contributed by atoms with E-state index in [1.54, 1.807) is 0 Å². The van der Waals surface area contributed by atoms with Crippen molar-refractivity contribution in [1.29, 1.82) is 0 Å². The number of benzene rings is 3. The average molecular weight is 443 g/mol. The first-order valence-electron chi connectivity index (χ1n) is 10.5. The maximum atomic E-state index is 13.3. The zero-order chi connectivity index (χ0) is 22.2. The normalized spacial score (nSPS) is 14.9. The summed E-state index contributed by atoms with van der Waals surface area (Å²) in [6.45, 7) is 1.97. The van der Waals surface area contributed by atoms with Crippen LogP contribution >= 0.6 is 11.3 Å². The smallest absolute Gasteiger partial charge is 0.257 e. The monoisotopic (exact) mass is 442 g/mol. The molecule has 2 amide bonds. The SMILES string of the molecule is Cc1ccccc1C1NC(=O)c2cc(CCO)cc(NC(=O)c3csc4ccccc34)c21. The van der Waals surface area contributed by atoms with Crippen LogP contribution in [0.1, 0.15) is 49.0 Å². The van der Waals surface area contributed by atoms with Crippen molar-refractivity contribution >= 4 is 38.9 Å². The number of rotatable bonds is 5. The van der Waals surface area contributed by atoms with Crippen molar-refractivity contribution in [2.75, 3.05) is 11.9 Å². The lowest BCUT2D eigenvalue weighted by atomic mass is 9.92. The molecule has 0 saturated heterocycles. The van der Waals surface area contributed by atoms with Gasteiger partial charge >= 0.3 is 0 Å². The summed E-state index contributed by atoms with van der Waals surface area (Å²) in [6, 6.07) is 19.1. The van der Waals surface area contributed by atoms with E-state index >= 15 is 0 Å². The van der Waals surface area contributed by atoms with E-state index in [0.29, 0.717) is 23.2 Å². The van der Waals surface area contributed by atoms with Crippen LogP contribution in [0.2, 0.25) is 0 Å². The predicted octanol–water partition coefficient (Wildman–Crippen LogP) is 4.83. The molecule has 2 heterocycles. The van der Waals surface area contributed by atoms with Gasteiger partial charge in [0.15, 0.2) is 0 Å². The molecule has 3 aromatic carbocycles. The van der Waals surface area contributed by atoms with Gasteiger partial charge in [-0.2, -0.15) is 0 Å². The van der Waals surface area contributed by atoms with Gasteiger partial charge in [0.2, 0.25) is 0 Å². The molecule has 0 aliphatic carbocycles. The summed E-state index contributed by atoms with van der Waals surface area (Å²) in [4.78, 5) is 26.2. The van der Waals surface area contributed by atoms with Crippen LogP contribution in [-0.2, 0) is 6.42 Å². The molecule has 0 radical (unpaired) electrons. The van der Waals surface area contributed by atoms with Gasteiger partial charge in [-0.1, -0.05) is 42.5 Å². The van der Waals surface area contributed by atoms with Crippen LogP contribution in [0.3, 0.4) is 0 Å². The number of fused-ring (bicyclic) bond motifs is 2. The van der Waals surface area contributed by atoms with E-state index in [9.17, 15) is 14.7 Å². The average Bonchev–Trinajstić information content (AvgIpc) is 3.36. The Hall–Kier alpha value is -3.48. The Bertz CT molecular complexity index is 1360. The van der Waals surface area contributed by atoms with Crippen molar-refractivity contribution in [1.82, 2.24) is 5.32 Å². The van der Waals surface area contributed by atoms with Gasteiger partial charge in [0.05, 0.1) is 11.6 Å². The van der Waals surface area contributed by atoms with Gasteiger partial charge in [-0.25, -0.2) is 0 Å². The van der Waals surface area contributed by atoms with E-state index < -0.39 is 0 Å². The summed E-state index contributed by atoms with van der Waals surface area (Å²) >= 11 is 1.53. The lowest BCUT2D eigenvalue weighted by Gasteiger charge is -2.19. The molecule has 6 heteroatoms. The Kier molecular flexibility index (Phi) is 5.25. The van der Waals surface area contributed by atoms with Crippen molar-refractivity contribution in [3.63, 3.8) is 0 Å². The molecule has 5 rings (SSSR count). The van der Waals surface area contributed by atoms with Crippen molar-refractivity contribution in [2.45, 2.75) is 19.4 Å². The highest BCUT2D eigenvalue weighted by atomic mass is 32.1. The van der Waals surface area contributed by atoms with Crippen LogP contribution in [0.5, 0.6) is 0 Å². The minimum atomic E-state index is -0.351. The minimum Gasteiger partial charge on any atom is -0.396 e. The quantitative estimate of drug-likeness (QED) is 0.414. The zero-order valence-electron chi connectivity index (χ0n) is 17.5. The number of thiophene rings is 1. The summed E-state index contributed by atoms with van der Waals surface area (Å²) in [6.07, 6.45) is 0.403. The second kappa shape index (κ2) is 8.22. The summed E-state index contributed by atoms with van der Waals surface area (Å²) in [7, 11) is 0. The zero-order valence-corrected chi connectivity index (χ0v) is 18.3. The van der Waals surface area contributed by atoms with Crippen molar-refractivity contribution in [2.24, 2.45) is 0 Å². The summed E-state index contributed by atoms with van der Waals surface area (Å²) in [5.74, 6) is -0.391. The second-order valence-corrected chi connectivity index (χ2v) is 8.85. The molecule has 3 N–H and O–H groups in total. The number of aliphatic hydroxyl groups is 1. The third-order valence-electron chi connectivity index (χ3n) is 5.92. The summed E-state index contributed by atoms with van der Waals surface area (Å²) in [5, 5.41) is 18.4. The van der Waals surface area contributed by atoms with E-state index in [-0.39, 0.29) is 24.5 Å². The fraction of sp³-hybridized carbons (Fsp3) is 0.154. The van der Waals surface area contributed by atoms with Gasteiger partial charge in [-0.05, 0) is 48.2 Å². The molecule has 1 aliphatic heterocycles. The number of aliphatic hydroxyl groups excluding tert-OH is 1. The standard InChI is InChI=1S/C26H22N2O3S/c1-15-6-2-3-7-17(15)24-23-19(25(30)28-24)12-16(10-11-29)13-21(23)27-26(31)20-14-32-22-9-5-4-8-18(20)22/h2-9,12-14,24,29H,10-11H2,1H3,(H,27,31)(H,28,30). The summed E-state index contributed by atoms with van der Waals surface area (Å²) in [5.41, 5.74) is 5.36. The van der Waals surface area contributed by atoms with E-state index in [0.717, 1.165) is 32.3 Å².